The average molecular weight is 614 g/mol. The summed E-state index contributed by atoms with van der Waals surface area (Å²) in [6.07, 6.45) is 0.918. The summed E-state index contributed by atoms with van der Waals surface area (Å²) in [5.74, 6) is 1.89. The summed E-state index contributed by atoms with van der Waals surface area (Å²) in [6.45, 7) is 0. The highest BCUT2D eigenvalue weighted by molar-refractivity contribution is 6.12. The summed E-state index contributed by atoms with van der Waals surface area (Å²) in [5, 5.41) is 4.60. The third-order valence-electron chi connectivity index (χ3n) is 9.55. The Bertz CT molecular complexity index is 2640. The second-order valence-corrected chi connectivity index (χ2v) is 12.4. The fourth-order valence-corrected chi connectivity index (χ4v) is 7.28. The molecule has 0 saturated heterocycles. The molecule has 10 rings (SSSR count). The number of nitrogens with zero attached hydrogens (tertiary/aromatic N) is 3. The van der Waals surface area contributed by atoms with E-state index >= 15 is 0 Å². The Balaban J connectivity index is 1.12. The molecule has 0 bridgehead atoms. The molecule has 0 aliphatic heterocycles. The predicted molar refractivity (Wildman–Crippen MR) is 195 cm³/mol. The molecule has 224 valence electrons. The molecule has 4 nitrogen and oxygen atoms in total. The highest BCUT2D eigenvalue weighted by Crippen LogP contribution is 2.44. The van der Waals surface area contributed by atoms with Gasteiger partial charge in [0.1, 0.15) is 11.2 Å². The molecule has 0 N–H and O–H groups in total. The van der Waals surface area contributed by atoms with Crippen molar-refractivity contribution < 1.29 is 4.42 Å². The first-order valence-electron chi connectivity index (χ1n) is 16.2. The molecule has 0 unspecified atom stereocenters. The van der Waals surface area contributed by atoms with Crippen molar-refractivity contribution in [3.8, 4) is 56.4 Å². The van der Waals surface area contributed by atoms with Gasteiger partial charge in [-0.15, -0.1) is 0 Å². The van der Waals surface area contributed by atoms with Crippen molar-refractivity contribution in [2.24, 2.45) is 0 Å². The normalized spacial score (nSPS) is 12.1. The number of benzene rings is 7. The van der Waals surface area contributed by atoms with Crippen molar-refractivity contribution in [2.75, 3.05) is 0 Å². The van der Waals surface area contributed by atoms with E-state index in [0.717, 1.165) is 50.6 Å². The number of fused-ring (bicyclic) bond motifs is 7. The molecule has 0 amide bonds. The van der Waals surface area contributed by atoms with Crippen LogP contribution in [-0.2, 0) is 6.42 Å². The van der Waals surface area contributed by atoms with Crippen molar-refractivity contribution in [2.45, 2.75) is 6.42 Å². The summed E-state index contributed by atoms with van der Waals surface area (Å²) in [5.41, 5.74) is 12.2. The largest absolute Gasteiger partial charge is 0.456 e. The maximum absolute atomic E-state index is 6.57. The SMILES string of the molecule is c1ccc(-c2nc(-c3ccccc3)nc(-c3cccc4oc5cc(-c6cccc7c6Cc6cc8ccccc8cc6-7)ccc5c34)n2)cc1. The van der Waals surface area contributed by atoms with Gasteiger partial charge in [0.15, 0.2) is 17.5 Å². The van der Waals surface area contributed by atoms with Gasteiger partial charge in [-0.05, 0) is 74.8 Å². The second-order valence-electron chi connectivity index (χ2n) is 12.4. The molecular formula is C44H27N3O. The summed E-state index contributed by atoms with van der Waals surface area (Å²) < 4.78 is 6.57. The second kappa shape index (κ2) is 10.6. The van der Waals surface area contributed by atoms with Gasteiger partial charge >= 0.3 is 0 Å². The van der Waals surface area contributed by atoms with Crippen LogP contribution in [0.3, 0.4) is 0 Å². The fourth-order valence-electron chi connectivity index (χ4n) is 7.28. The minimum absolute atomic E-state index is 0.617. The molecule has 7 aromatic carbocycles. The van der Waals surface area contributed by atoms with Crippen molar-refractivity contribution in [3.63, 3.8) is 0 Å². The van der Waals surface area contributed by atoms with E-state index in [4.69, 9.17) is 19.4 Å². The molecular weight excluding hydrogens is 587 g/mol. The molecule has 2 heterocycles. The average Bonchev–Trinajstić information content (AvgIpc) is 3.72. The van der Waals surface area contributed by atoms with E-state index in [0.29, 0.717) is 17.5 Å². The Morgan fingerprint density at radius 1 is 0.417 bits per heavy atom. The summed E-state index contributed by atoms with van der Waals surface area (Å²) in [7, 11) is 0. The zero-order valence-corrected chi connectivity index (χ0v) is 25.9. The number of furan rings is 1. The van der Waals surface area contributed by atoms with Gasteiger partial charge < -0.3 is 4.42 Å². The van der Waals surface area contributed by atoms with Gasteiger partial charge in [0.25, 0.3) is 0 Å². The van der Waals surface area contributed by atoms with E-state index in [1.165, 1.54) is 38.6 Å². The topological polar surface area (TPSA) is 51.8 Å². The zero-order chi connectivity index (χ0) is 31.6. The lowest BCUT2D eigenvalue weighted by Crippen LogP contribution is -2.00. The van der Waals surface area contributed by atoms with E-state index in [9.17, 15) is 0 Å². The first kappa shape index (κ1) is 26.8. The van der Waals surface area contributed by atoms with Crippen LogP contribution in [0.1, 0.15) is 11.1 Å². The highest BCUT2D eigenvalue weighted by atomic mass is 16.3. The molecule has 0 atom stereocenters. The first-order valence-corrected chi connectivity index (χ1v) is 16.2. The Kier molecular flexibility index (Phi) is 5.90. The molecule has 0 radical (unpaired) electrons. The molecule has 0 fully saturated rings. The standard InChI is InChI=1S/C44H27N3O/c1-3-11-27(12-4-1)42-45-43(28-13-5-2-6-14-28)47-44(46-42)36-19-10-20-39-41(36)35-22-21-31(26-40(35)48-39)33-17-9-18-34-37-24-30-16-8-7-15-29(30)23-32(37)25-38(33)34/h1-24,26H,25H2. The number of hydrogen-bond acceptors (Lipinski definition) is 4. The quantitative estimate of drug-likeness (QED) is 0.198. The molecule has 1 aliphatic carbocycles. The molecule has 0 saturated carbocycles. The van der Waals surface area contributed by atoms with Crippen LogP contribution < -0.4 is 0 Å². The monoisotopic (exact) mass is 613 g/mol. The van der Waals surface area contributed by atoms with Crippen molar-refractivity contribution >= 4 is 32.7 Å². The molecule has 0 spiro atoms. The molecule has 48 heavy (non-hydrogen) atoms. The van der Waals surface area contributed by atoms with Gasteiger partial charge in [0, 0.05) is 27.5 Å². The molecule has 9 aromatic rings. The Morgan fingerprint density at radius 3 is 1.79 bits per heavy atom. The van der Waals surface area contributed by atoms with Crippen LogP contribution in [0.4, 0.5) is 0 Å². The van der Waals surface area contributed by atoms with Crippen LogP contribution in [0, 0.1) is 0 Å². The summed E-state index contributed by atoms with van der Waals surface area (Å²) in [6, 6.07) is 52.9. The van der Waals surface area contributed by atoms with Gasteiger partial charge in [-0.2, -0.15) is 0 Å². The lowest BCUT2D eigenvalue weighted by molar-refractivity contribution is 0.669. The summed E-state index contributed by atoms with van der Waals surface area (Å²) in [4.78, 5) is 14.9. The van der Waals surface area contributed by atoms with Gasteiger partial charge in [0.2, 0.25) is 0 Å². The Hall–Kier alpha value is -6.39. The van der Waals surface area contributed by atoms with Crippen LogP contribution in [0.25, 0.3) is 89.1 Å². The molecule has 4 heteroatoms. The van der Waals surface area contributed by atoms with E-state index in [1.54, 1.807) is 0 Å². The molecule has 2 aromatic heterocycles. The lowest BCUT2D eigenvalue weighted by atomic mass is 9.94. The number of rotatable bonds is 4. The molecule has 1 aliphatic rings. The maximum atomic E-state index is 6.57. The minimum Gasteiger partial charge on any atom is -0.456 e. The van der Waals surface area contributed by atoms with Gasteiger partial charge in [-0.3, -0.25) is 0 Å². The van der Waals surface area contributed by atoms with Crippen molar-refractivity contribution in [1.29, 1.82) is 0 Å². The Labute approximate surface area is 277 Å². The first-order chi connectivity index (χ1) is 23.8. The van der Waals surface area contributed by atoms with Crippen LogP contribution >= 0.6 is 0 Å². The highest BCUT2D eigenvalue weighted by Gasteiger charge is 2.23. The van der Waals surface area contributed by atoms with Crippen molar-refractivity contribution in [1.82, 2.24) is 15.0 Å². The van der Waals surface area contributed by atoms with Gasteiger partial charge in [-0.25, -0.2) is 15.0 Å². The Morgan fingerprint density at radius 2 is 1.04 bits per heavy atom. The number of hydrogen-bond donors (Lipinski definition) is 0. The smallest absolute Gasteiger partial charge is 0.164 e. The van der Waals surface area contributed by atoms with Crippen LogP contribution in [0.15, 0.2) is 156 Å². The zero-order valence-electron chi connectivity index (χ0n) is 25.9. The van der Waals surface area contributed by atoms with Gasteiger partial charge in [-0.1, -0.05) is 127 Å². The van der Waals surface area contributed by atoms with E-state index < -0.39 is 0 Å². The third-order valence-corrected chi connectivity index (χ3v) is 9.55. The van der Waals surface area contributed by atoms with Crippen LogP contribution in [0.2, 0.25) is 0 Å². The number of aromatic nitrogens is 3. The van der Waals surface area contributed by atoms with E-state index in [2.05, 4.69) is 78.9 Å². The minimum atomic E-state index is 0.617. The van der Waals surface area contributed by atoms with E-state index in [-0.39, 0.29) is 0 Å². The summed E-state index contributed by atoms with van der Waals surface area (Å²) >= 11 is 0. The lowest BCUT2D eigenvalue weighted by Gasteiger charge is -2.10. The van der Waals surface area contributed by atoms with Crippen LogP contribution in [0.5, 0.6) is 0 Å². The predicted octanol–water partition coefficient (Wildman–Crippen LogP) is 11.2. The fraction of sp³-hybridized carbons (Fsp3) is 0.0227. The van der Waals surface area contributed by atoms with E-state index in [1.807, 2.05) is 72.8 Å². The van der Waals surface area contributed by atoms with Crippen molar-refractivity contribution in [3.05, 3.63) is 163 Å². The van der Waals surface area contributed by atoms with Crippen LogP contribution in [-0.4, -0.2) is 15.0 Å². The third kappa shape index (κ3) is 4.27. The van der Waals surface area contributed by atoms with Gasteiger partial charge in [0.05, 0.1) is 0 Å². The maximum Gasteiger partial charge on any atom is 0.164 e.